The SMILES string of the molecule is CCCCN(C)S(=O)(=O)Nc1ccc(F)nc1F. The summed E-state index contributed by atoms with van der Waals surface area (Å²) in [5, 5.41) is 0. The van der Waals surface area contributed by atoms with Crippen molar-refractivity contribution in [1.82, 2.24) is 9.29 Å². The molecule has 0 aliphatic heterocycles. The Morgan fingerprint density at radius 3 is 2.61 bits per heavy atom. The Balaban J connectivity index is 2.82. The molecule has 1 N–H and O–H groups in total. The number of hydrogen-bond acceptors (Lipinski definition) is 3. The lowest BCUT2D eigenvalue weighted by Gasteiger charge is -2.17. The fraction of sp³-hybridized carbons (Fsp3) is 0.500. The van der Waals surface area contributed by atoms with E-state index in [-0.39, 0.29) is 5.69 Å². The smallest absolute Gasteiger partial charge is 0.266 e. The Morgan fingerprint density at radius 2 is 2.06 bits per heavy atom. The first-order chi connectivity index (χ1) is 8.36. The maximum atomic E-state index is 13.2. The van der Waals surface area contributed by atoms with Gasteiger partial charge >= 0.3 is 10.2 Å². The van der Waals surface area contributed by atoms with Crippen molar-refractivity contribution in [3.05, 3.63) is 24.0 Å². The van der Waals surface area contributed by atoms with Crippen molar-refractivity contribution in [2.75, 3.05) is 18.3 Å². The first-order valence-corrected chi connectivity index (χ1v) is 6.87. The fourth-order valence-corrected chi connectivity index (χ4v) is 2.16. The van der Waals surface area contributed by atoms with Crippen LogP contribution in [0.2, 0.25) is 0 Å². The zero-order valence-corrected chi connectivity index (χ0v) is 11.0. The molecule has 0 atom stereocenters. The topological polar surface area (TPSA) is 62.3 Å². The molecule has 0 spiro atoms. The molecule has 1 heterocycles. The van der Waals surface area contributed by atoms with E-state index >= 15 is 0 Å². The molecule has 1 aromatic rings. The van der Waals surface area contributed by atoms with Gasteiger partial charge in [0.15, 0.2) is 0 Å². The Kier molecular flexibility index (Phi) is 4.97. The van der Waals surface area contributed by atoms with E-state index in [4.69, 9.17) is 0 Å². The maximum Gasteiger partial charge on any atom is 0.301 e. The van der Waals surface area contributed by atoms with Crippen LogP contribution in [0, 0.1) is 11.9 Å². The highest BCUT2D eigenvalue weighted by Crippen LogP contribution is 2.14. The molecule has 0 saturated heterocycles. The van der Waals surface area contributed by atoms with Crippen molar-refractivity contribution in [1.29, 1.82) is 0 Å². The maximum absolute atomic E-state index is 13.2. The lowest BCUT2D eigenvalue weighted by molar-refractivity contribution is 0.462. The van der Waals surface area contributed by atoms with Gasteiger partial charge < -0.3 is 0 Å². The van der Waals surface area contributed by atoms with Crippen molar-refractivity contribution in [3.63, 3.8) is 0 Å². The van der Waals surface area contributed by atoms with Gasteiger partial charge in [0.1, 0.15) is 5.69 Å². The largest absolute Gasteiger partial charge is 0.301 e. The van der Waals surface area contributed by atoms with Crippen molar-refractivity contribution in [2.45, 2.75) is 19.8 Å². The van der Waals surface area contributed by atoms with Crippen LogP contribution in [0.4, 0.5) is 14.5 Å². The summed E-state index contributed by atoms with van der Waals surface area (Å²) >= 11 is 0. The van der Waals surface area contributed by atoms with Gasteiger partial charge in [-0.3, -0.25) is 4.72 Å². The zero-order chi connectivity index (χ0) is 13.8. The Hall–Kier alpha value is -1.28. The molecule has 0 aliphatic carbocycles. The summed E-state index contributed by atoms with van der Waals surface area (Å²) in [5.41, 5.74) is -0.375. The third kappa shape index (κ3) is 3.88. The minimum atomic E-state index is -3.84. The Labute approximate surface area is 105 Å². The van der Waals surface area contributed by atoms with Gasteiger partial charge in [-0.1, -0.05) is 13.3 Å². The number of pyridine rings is 1. The van der Waals surface area contributed by atoms with Crippen molar-refractivity contribution >= 4 is 15.9 Å². The van der Waals surface area contributed by atoms with Crippen LogP contribution in [0.3, 0.4) is 0 Å². The quantitative estimate of drug-likeness (QED) is 0.807. The number of anilines is 1. The molecule has 18 heavy (non-hydrogen) atoms. The summed E-state index contributed by atoms with van der Waals surface area (Å²) in [6.45, 7) is 2.25. The van der Waals surface area contributed by atoms with Crippen LogP contribution in [0.25, 0.3) is 0 Å². The van der Waals surface area contributed by atoms with E-state index in [1.165, 1.54) is 7.05 Å². The third-order valence-electron chi connectivity index (χ3n) is 2.29. The second-order valence-electron chi connectivity index (χ2n) is 3.75. The Morgan fingerprint density at radius 1 is 1.39 bits per heavy atom. The normalized spacial score (nSPS) is 11.8. The molecule has 5 nitrogen and oxygen atoms in total. The van der Waals surface area contributed by atoms with E-state index in [9.17, 15) is 17.2 Å². The lowest BCUT2D eigenvalue weighted by Crippen LogP contribution is -2.33. The molecule has 0 saturated carbocycles. The molecule has 8 heteroatoms. The highest BCUT2D eigenvalue weighted by molar-refractivity contribution is 7.90. The minimum absolute atomic E-state index is 0.322. The summed E-state index contributed by atoms with van der Waals surface area (Å²) in [7, 11) is -2.46. The van der Waals surface area contributed by atoms with Gasteiger partial charge in [0.2, 0.25) is 11.9 Å². The summed E-state index contributed by atoms with van der Waals surface area (Å²) in [6.07, 6.45) is 1.54. The second-order valence-corrected chi connectivity index (χ2v) is 5.53. The molecule has 0 fully saturated rings. The van der Waals surface area contributed by atoms with E-state index < -0.39 is 22.1 Å². The highest BCUT2D eigenvalue weighted by atomic mass is 32.2. The number of aromatic nitrogens is 1. The van der Waals surface area contributed by atoms with E-state index in [2.05, 4.69) is 4.98 Å². The lowest BCUT2D eigenvalue weighted by atomic mass is 10.3. The summed E-state index contributed by atoms with van der Waals surface area (Å²) in [4.78, 5) is 2.90. The van der Waals surface area contributed by atoms with E-state index in [1.54, 1.807) is 0 Å². The van der Waals surface area contributed by atoms with Gasteiger partial charge in [0, 0.05) is 13.6 Å². The number of hydrogen-bond donors (Lipinski definition) is 1. The molecule has 1 aromatic heterocycles. The standard InChI is InChI=1S/C10H15F2N3O2S/c1-3-4-7-15(2)18(16,17)14-8-5-6-9(11)13-10(8)12/h5-6,14H,3-4,7H2,1-2H3. The van der Waals surface area contributed by atoms with Crippen LogP contribution >= 0.6 is 0 Å². The number of nitrogens with zero attached hydrogens (tertiary/aromatic N) is 2. The van der Waals surface area contributed by atoms with Crippen LogP contribution in [-0.4, -0.2) is 31.3 Å². The van der Waals surface area contributed by atoms with Gasteiger partial charge in [-0.2, -0.15) is 26.5 Å². The number of halogens is 2. The molecule has 102 valence electrons. The summed E-state index contributed by atoms with van der Waals surface area (Å²) in [5.74, 6) is -2.20. The van der Waals surface area contributed by atoms with E-state index in [0.717, 1.165) is 22.9 Å². The first kappa shape index (κ1) is 14.8. The van der Waals surface area contributed by atoms with E-state index in [0.29, 0.717) is 13.0 Å². The monoisotopic (exact) mass is 279 g/mol. The summed E-state index contributed by atoms with van der Waals surface area (Å²) in [6, 6.07) is 1.87. The fourth-order valence-electron chi connectivity index (χ4n) is 1.21. The van der Waals surface area contributed by atoms with Gasteiger partial charge in [-0.15, -0.1) is 0 Å². The highest BCUT2D eigenvalue weighted by Gasteiger charge is 2.19. The van der Waals surface area contributed by atoms with Gasteiger partial charge in [-0.25, -0.2) is 0 Å². The molecule has 0 amide bonds. The molecule has 0 unspecified atom stereocenters. The van der Waals surface area contributed by atoms with Crippen LogP contribution in [0.5, 0.6) is 0 Å². The number of nitrogens with one attached hydrogen (secondary N) is 1. The molecule has 0 aliphatic rings. The molecule has 0 radical (unpaired) electrons. The van der Waals surface area contributed by atoms with Crippen molar-refractivity contribution in [2.24, 2.45) is 0 Å². The molecular formula is C10H15F2N3O2S. The van der Waals surface area contributed by atoms with Crippen LogP contribution in [0.1, 0.15) is 19.8 Å². The minimum Gasteiger partial charge on any atom is -0.266 e. The van der Waals surface area contributed by atoms with Gasteiger partial charge in [0.05, 0.1) is 0 Å². The molecule has 0 aromatic carbocycles. The summed E-state index contributed by atoms with van der Waals surface area (Å²) < 4.78 is 52.4. The molecular weight excluding hydrogens is 264 g/mol. The van der Waals surface area contributed by atoms with Crippen LogP contribution in [-0.2, 0) is 10.2 Å². The van der Waals surface area contributed by atoms with E-state index in [1.807, 2.05) is 11.6 Å². The average Bonchev–Trinajstić information content (AvgIpc) is 2.29. The van der Waals surface area contributed by atoms with Crippen LogP contribution < -0.4 is 4.72 Å². The average molecular weight is 279 g/mol. The van der Waals surface area contributed by atoms with Gasteiger partial charge in [-0.05, 0) is 18.6 Å². The number of rotatable bonds is 6. The first-order valence-electron chi connectivity index (χ1n) is 5.43. The second kappa shape index (κ2) is 6.05. The van der Waals surface area contributed by atoms with Gasteiger partial charge in [0.25, 0.3) is 0 Å². The molecule has 0 bridgehead atoms. The predicted molar refractivity (Wildman–Crippen MR) is 64.2 cm³/mol. The predicted octanol–water partition coefficient (Wildman–Crippen LogP) is 1.75. The number of unbranched alkanes of at least 4 members (excludes halogenated alkanes) is 1. The zero-order valence-electron chi connectivity index (χ0n) is 10.2. The van der Waals surface area contributed by atoms with Crippen LogP contribution in [0.15, 0.2) is 12.1 Å². The van der Waals surface area contributed by atoms with Crippen molar-refractivity contribution in [3.8, 4) is 0 Å². The third-order valence-corrected chi connectivity index (χ3v) is 3.77. The Bertz CT molecular complexity index is 508. The van der Waals surface area contributed by atoms with Crippen molar-refractivity contribution < 1.29 is 17.2 Å². The molecule has 1 rings (SSSR count).